The van der Waals surface area contributed by atoms with Gasteiger partial charge in [0.2, 0.25) is 11.2 Å². The molecule has 110 valence electrons. The Bertz CT molecular complexity index is 1060. The van der Waals surface area contributed by atoms with Crippen molar-refractivity contribution >= 4 is 17.4 Å². The highest BCUT2D eigenvalue weighted by molar-refractivity contribution is 6.31. The number of aromatic nitrogens is 4. The molecule has 2 heterocycles. The molecule has 0 unspecified atom stereocenters. The number of halogens is 1. The highest BCUT2D eigenvalue weighted by Crippen LogP contribution is 2.13. The normalized spacial score (nSPS) is 12.5. The van der Waals surface area contributed by atoms with Gasteiger partial charge in [-0.15, -0.1) is 0 Å². The maximum Gasteiger partial charge on any atom is 0.217 e. The smallest absolute Gasteiger partial charge is 0.217 e. The van der Waals surface area contributed by atoms with Crippen LogP contribution in [-0.2, 0) is 7.05 Å². The van der Waals surface area contributed by atoms with Gasteiger partial charge in [0.1, 0.15) is 5.69 Å². The van der Waals surface area contributed by atoms with Crippen LogP contribution in [0, 0.1) is 0 Å². The number of benzene rings is 1. The largest absolute Gasteiger partial charge is 0.287 e. The minimum absolute atomic E-state index is 0.0844. The van der Waals surface area contributed by atoms with E-state index in [0.29, 0.717) is 5.02 Å². The Morgan fingerprint density at radius 1 is 1.41 bits per heavy atom. The summed E-state index contributed by atoms with van der Waals surface area (Å²) >= 11 is 5.86. The van der Waals surface area contributed by atoms with Crippen molar-refractivity contribution in [2.24, 2.45) is 7.05 Å². The standard InChI is InChI=1S/C15H11ClN4O2/c1-19-9-12(8-17-19)20-6-5-13(21)14(18-20)15(22)10-3-2-4-11(16)7-10/h2-9H,1H3/i5D,6D,8D. The van der Waals surface area contributed by atoms with E-state index in [1.165, 1.54) is 23.0 Å². The lowest BCUT2D eigenvalue weighted by Gasteiger charge is -2.04. The summed E-state index contributed by atoms with van der Waals surface area (Å²) in [6, 6.07) is 5.29. The van der Waals surface area contributed by atoms with Gasteiger partial charge in [-0.1, -0.05) is 23.7 Å². The van der Waals surface area contributed by atoms with Gasteiger partial charge in [-0.3, -0.25) is 14.3 Å². The first-order chi connectivity index (χ1) is 11.8. The topological polar surface area (TPSA) is 69.8 Å². The lowest BCUT2D eigenvalue weighted by molar-refractivity contribution is 0.103. The van der Waals surface area contributed by atoms with E-state index < -0.39 is 29.1 Å². The monoisotopic (exact) mass is 317 g/mol. The second kappa shape index (κ2) is 5.57. The fourth-order valence-corrected chi connectivity index (χ4v) is 2.02. The average molecular weight is 318 g/mol. The van der Waals surface area contributed by atoms with Crippen molar-refractivity contribution in [1.82, 2.24) is 19.6 Å². The van der Waals surface area contributed by atoms with E-state index in [9.17, 15) is 9.59 Å². The van der Waals surface area contributed by atoms with E-state index >= 15 is 0 Å². The highest BCUT2D eigenvalue weighted by Gasteiger charge is 2.16. The zero-order valence-corrected chi connectivity index (χ0v) is 12.1. The van der Waals surface area contributed by atoms with Crippen LogP contribution in [-0.4, -0.2) is 25.3 Å². The van der Waals surface area contributed by atoms with Gasteiger partial charge in [-0.05, 0) is 12.1 Å². The molecule has 0 spiro atoms. The van der Waals surface area contributed by atoms with Gasteiger partial charge in [0.25, 0.3) is 0 Å². The number of rotatable bonds is 3. The van der Waals surface area contributed by atoms with E-state index in [4.69, 9.17) is 15.7 Å². The Balaban J connectivity index is 2.23. The van der Waals surface area contributed by atoms with Crippen molar-refractivity contribution in [1.29, 1.82) is 0 Å². The molecule has 0 aliphatic carbocycles. The van der Waals surface area contributed by atoms with Crippen LogP contribution in [0.1, 0.15) is 20.2 Å². The van der Waals surface area contributed by atoms with Crippen LogP contribution in [0.3, 0.4) is 0 Å². The van der Waals surface area contributed by atoms with Crippen molar-refractivity contribution in [2.75, 3.05) is 0 Å². The van der Waals surface area contributed by atoms with Gasteiger partial charge >= 0.3 is 0 Å². The first kappa shape index (κ1) is 10.9. The molecule has 0 fully saturated rings. The molecule has 0 atom stereocenters. The molecule has 22 heavy (non-hydrogen) atoms. The molecular weight excluding hydrogens is 304 g/mol. The Morgan fingerprint density at radius 2 is 2.23 bits per heavy atom. The fourth-order valence-electron chi connectivity index (χ4n) is 1.83. The van der Waals surface area contributed by atoms with Crippen LogP contribution < -0.4 is 5.43 Å². The maximum absolute atomic E-state index is 12.6. The highest BCUT2D eigenvalue weighted by atomic mass is 35.5. The second-order valence-electron chi connectivity index (χ2n) is 4.47. The van der Waals surface area contributed by atoms with E-state index in [1.54, 1.807) is 19.2 Å². The minimum atomic E-state index is -0.957. The summed E-state index contributed by atoms with van der Waals surface area (Å²) in [6.45, 7) is 0. The molecule has 2 aromatic heterocycles. The summed E-state index contributed by atoms with van der Waals surface area (Å²) in [5.41, 5.74) is -1.26. The van der Waals surface area contributed by atoms with Crippen LogP contribution >= 0.6 is 11.6 Å². The van der Waals surface area contributed by atoms with Crippen molar-refractivity contribution in [3.8, 4) is 5.69 Å². The number of hydrogen-bond acceptors (Lipinski definition) is 4. The number of carbonyl (C=O) groups excluding carboxylic acids is 1. The summed E-state index contributed by atoms with van der Waals surface area (Å²) in [5.74, 6) is -0.717. The van der Waals surface area contributed by atoms with Crippen LogP contribution in [0.15, 0.2) is 53.6 Å². The summed E-state index contributed by atoms with van der Waals surface area (Å²) in [4.78, 5) is 24.9. The van der Waals surface area contributed by atoms with Crippen LogP contribution in [0.4, 0.5) is 0 Å². The maximum atomic E-state index is 12.6. The molecule has 0 amide bonds. The third-order valence-corrected chi connectivity index (χ3v) is 3.09. The molecule has 0 aliphatic heterocycles. The molecule has 0 N–H and O–H groups in total. The quantitative estimate of drug-likeness (QED) is 0.691. The number of ketones is 1. The van der Waals surface area contributed by atoms with Crippen molar-refractivity contribution in [2.45, 2.75) is 0 Å². The Hall–Kier alpha value is -2.73. The zero-order chi connectivity index (χ0) is 18.3. The van der Waals surface area contributed by atoms with Crippen molar-refractivity contribution in [3.63, 3.8) is 0 Å². The molecule has 0 aliphatic rings. The van der Waals surface area contributed by atoms with E-state index in [0.717, 1.165) is 4.68 Å². The van der Waals surface area contributed by atoms with Crippen LogP contribution in [0.5, 0.6) is 0 Å². The van der Waals surface area contributed by atoms with Crippen molar-refractivity contribution < 1.29 is 8.91 Å². The van der Waals surface area contributed by atoms with E-state index in [1.807, 2.05) is 0 Å². The minimum Gasteiger partial charge on any atom is -0.287 e. The Labute approximate surface area is 134 Å². The molecule has 1 aromatic carbocycles. The Kier molecular flexibility index (Phi) is 2.77. The van der Waals surface area contributed by atoms with Gasteiger partial charge in [0, 0.05) is 29.8 Å². The summed E-state index contributed by atoms with van der Waals surface area (Å²) in [7, 11) is 1.58. The number of hydrogen-bond donors (Lipinski definition) is 0. The van der Waals surface area contributed by atoms with Gasteiger partial charge in [-0.2, -0.15) is 10.2 Å². The molecule has 3 aromatic rings. The predicted octanol–water partition coefficient (Wildman–Crippen LogP) is 1.85. The number of carbonyl (C=O) groups is 1. The molecule has 0 radical (unpaired) electrons. The molecular formula is C15H11ClN4O2. The predicted molar refractivity (Wildman–Crippen MR) is 81.5 cm³/mol. The Morgan fingerprint density at radius 3 is 2.91 bits per heavy atom. The summed E-state index contributed by atoms with van der Waals surface area (Å²) in [5, 5.41) is 8.05. The molecule has 7 heteroatoms. The lowest BCUT2D eigenvalue weighted by Crippen LogP contribution is -2.21. The molecule has 0 saturated heterocycles. The zero-order valence-electron chi connectivity index (χ0n) is 14.4. The SMILES string of the molecule is [2H]c1nn(C)cc1-n1nc(C(=O)c2cccc(Cl)c2)c(=O)c([2H])c1[2H]. The molecule has 0 bridgehead atoms. The number of aryl methyl sites for hydroxylation is 1. The number of nitrogens with zero attached hydrogens (tertiary/aromatic N) is 4. The molecule has 0 saturated carbocycles. The molecule has 3 rings (SSSR count). The summed E-state index contributed by atoms with van der Waals surface area (Å²) in [6.07, 6.45) is 0.673. The lowest BCUT2D eigenvalue weighted by atomic mass is 10.1. The molecule has 6 nitrogen and oxygen atoms in total. The first-order valence-corrected chi connectivity index (χ1v) is 6.59. The first-order valence-electron chi connectivity index (χ1n) is 7.71. The fraction of sp³-hybridized carbons (Fsp3) is 0.0667. The second-order valence-corrected chi connectivity index (χ2v) is 4.90. The van der Waals surface area contributed by atoms with E-state index in [-0.39, 0.29) is 17.4 Å². The average Bonchev–Trinajstić information content (AvgIpc) is 2.90. The van der Waals surface area contributed by atoms with Crippen LogP contribution in [0.25, 0.3) is 5.69 Å². The van der Waals surface area contributed by atoms with Crippen molar-refractivity contribution in [3.05, 3.63) is 75.4 Å². The third-order valence-electron chi connectivity index (χ3n) is 2.85. The summed E-state index contributed by atoms with van der Waals surface area (Å²) < 4.78 is 25.8. The van der Waals surface area contributed by atoms with Gasteiger partial charge < -0.3 is 0 Å². The van der Waals surface area contributed by atoms with Crippen LogP contribution in [0.2, 0.25) is 5.02 Å². The van der Waals surface area contributed by atoms with E-state index in [2.05, 4.69) is 10.2 Å². The van der Waals surface area contributed by atoms with Gasteiger partial charge in [-0.25, -0.2) is 4.68 Å². The van der Waals surface area contributed by atoms with Gasteiger partial charge in [0.05, 0.1) is 16.5 Å². The third kappa shape index (κ3) is 2.68. The van der Waals surface area contributed by atoms with Gasteiger partial charge in [0.15, 0.2) is 5.69 Å².